The van der Waals surface area contributed by atoms with Crippen molar-refractivity contribution in [2.45, 2.75) is 18.9 Å². The Morgan fingerprint density at radius 2 is 1.95 bits per heavy atom. The van der Waals surface area contributed by atoms with Gasteiger partial charge in [0.15, 0.2) is 9.84 Å². The molecule has 0 spiro atoms. The van der Waals surface area contributed by atoms with Gasteiger partial charge in [0.1, 0.15) is 0 Å². The maximum absolute atomic E-state index is 12.5. The number of hydrogen-bond acceptors (Lipinski definition) is 5. The van der Waals surface area contributed by atoms with Crippen molar-refractivity contribution in [2.75, 3.05) is 17.2 Å². The monoisotopic (exact) mass is 294 g/mol. The molecule has 0 radical (unpaired) electrons. The molecule has 7 heteroatoms. The molecule has 6 nitrogen and oxygen atoms in total. The summed E-state index contributed by atoms with van der Waals surface area (Å²) in [4.78, 5) is 25.9. The summed E-state index contributed by atoms with van der Waals surface area (Å²) >= 11 is 0. The molecule has 0 bridgehead atoms. The van der Waals surface area contributed by atoms with Gasteiger partial charge in [0.2, 0.25) is 0 Å². The van der Waals surface area contributed by atoms with Crippen molar-refractivity contribution < 1.29 is 18.0 Å². The second kappa shape index (κ2) is 3.82. The van der Waals surface area contributed by atoms with Crippen molar-refractivity contribution in [3.63, 3.8) is 0 Å². The summed E-state index contributed by atoms with van der Waals surface area (Å²) < 4.78 is 23.4. The predicted octanol–water partition coefficient (Wildman–Crippen LogP) is 0.442. The van der Waals surface area contributed by atoms with Crippen molar-refractivity contribution in [2.24, 2.45) is 0 Å². The number of hydrogen-bond donors (Lipinski definition) is 1. The number of rotatable bonds is 1. The molecule has 0 saturated carbocycles. The van der Waals surface area contributed by atoms with Gasteiger partial charge in [-0.2, -0.15) is 0 Å². The summed E-state index contributed by atoms with van der Waals surface area (Å²) in [5.74, 6) is -1.16. The van der Waals surface area contributed by atoms with E-state index in [9.17, 15) is 18.0 Å². The fourth-order valence-electron chi connectivity index (χ4n) is 2.97. The van der Waals surface area contributed by atoms with Crippen LogP contribution < -0.4 is 5.73 Å². The fraction of sp³-hybridized carbons (Fsp3) is 0.385. The molecule has 106 valence electrons. The Morgan fingerprint density at radius 1 is 1.25 bits per heavy atom. The summed E-state index contributed by atoms with van der Waals surface area (Å²) in [7, 11) is -3.21. The van der Waals surface area contributed by atoms with E-state index in [2.05, 4.69) is 0 Å². The van der Waals surface area contributed by atoms with Crippen LogP contribution in [0.25, 0.3) is 0 Å². The molecule has 2 N–H and O–H groups in total. The molecular weight excluding hydrogens is 280 g/mol. The number of sulfone groups is 1. The highest BCUT2D eigenvalue weighted by Crippen LogP contribution is 2.37. The maximum atomic E-state index is 12.5. The Morgan fingerprint density at radius 3 is 2.50 bits per heavy atom. The molecule has 1 aromatic rings. The molecule has 1 saturated heterocycles. The summed E-state index contributed by atoms with van der Waals surface area (Å²) in [5, 5.41) is 0. The predicted molar refractivity (Wildman–Crippen MR) is 73.0 cm³/mol. The smallest absolute Gasteiger partial charge is 0.264 e. The summed E-state index contributed by atoms with van der Waals surface area (Å²) in [6, 6.07) is 4.70. The van der Waals surface area contributed by atoms with E-state index in [1.165, 1.54) is 0 Å². The lowest BCUT2D eigenvalue weighted by Crippen LogP contribution is -2.50. The Balaban J connectivity index is 2.09. The van der Waals surface area contributed by atoms with E-state index in [1.807, 2.05) is 0 Å². The number of nitrogens with two attached hydrogens (primary N) is 1. The molecule has 2 amide bonds. The first kappa shape index (κ1) is 13.1. The number of benzene rings is 1. The van der Waals surface area contributed by atoms with Crippen LogP contribution in [0.4, 0.5) is 5.69 Å². The topological polar surface area (TPSA) is 97.5 Å². The molecule has 0 aromatic heterocycles. The van der Waals surface area contributed by atoms with E-state index in [1.54, 1.807) is 25.1 Å². The second-order valence-corrected chi connectivity index (χ2v) is 7.74. The maximum Gasteiger partial charge on any atom is 0.264 e. The van der Waals surface area contributed by atoms with Crippen LogP contribution in [0.2, 0.25) is 0 Å². The third-order valence-electron chi connectivity index (χ3n) is 3.97. The number of nitrogens with zero attached hydrogens (tertiary/aromatic N) is 1. The number of fused-ring (bicyclic) bond motifs is 1. The van der Waals surface area contributed by atoms with Gasteiger partial charge >= 0.3 is 0 Å². The molecule has 3 rings (SSSR count). The highest BCUT2D eigenvalue weighted by atomic mass is 32.2. The summed E-state index contributed by atoms with van der Waals surface area (Å²) in [6.45, 7) is 1.63. The van der Waals surface area contributed by atoms with Gasteiger partial charge in [-0.15, -0.1) is 0 Å². The number of carbonyl (C=O) groups is 2. The van der Waals surface area contributed by atoms with Crippen LogP contribution in [0.15, 0.2) is 18.2 Å². The molecular formula is C13H14N2O4S. The van der Waals surface area contributed by atoms with Crippen molar-refractivity contribution in [1.82, 2.24) is 4.90 Å². The molecule has 1 fully saturated rings. The summed E-state index contributed by atoms with van der Waals surface area (Å²) in [6.07, 6.45) is 0.265. The van der Waals surface area contributed by atoms with Crippen LogP contribution in [-0.2, 0) is 9.84 Å². The third-order valence-corrected chi connectivity index (χ3v) is 5.86. The third kappa shape index (κ3) is 1.66. The highest BCUT2D eigenvalue weighted by Gasteiger charge is 2.52. The van der Waals surface area contributed by atoms with E-state index in [0.29, 0.717) is 0 Å². The molecule has 2 aliphatic heterocycles. The molecule has 2 aliphatic rings. The van der Waals surface area contributed by atoms with E-state index in [4.69, 9.17) is 5.73 Å². The first-order chi connectivity index (χ1) is 9.25. The Labute approximate surface area is 116 Å². The number of amides is 2. The number of anilines is 1. The van der Waals surface area contributed by atoms with Crippen LogP contribution in [0.3, 0.4) is 0 Å². The van der Waals surface area contributed by atoms with Crippen molar-refractivity contribution in [1.29, 1.82) is 0 Å². The van der Waals surface area contributed by atoms with Gasteiger partial charge in [-0.05, 0) is 25.5 Å². The first-order valence-corrected chi connectivity index (χ1v) is 8.05. The number of nitrogen functional groups attached to an aromatic ring is 1. The standard InChI is InChI=1S/C13H14N2O4S/c1-13(5-6-20(18,19)7-13)15-11(16)8-3-2-4-9(14)10(8)12(15)17/h2-4H,5-7,14H2,1H3. The van der Waals surface area contributed by atoms with Crippen LogP contribution >= 0.6 is 0 Å². The van der Waals surface area contributed by atoms with Gasteiger partial charge < -0.3 is 5.73 Å². The van der Waals surface area contributed by atoms with E-state index >= 15 is 0 Å². The van der Waals surface area contributed by atoms with Gasteiger partial charge in [0.05, 0.1) is 28.2 Å². The quantitative estimate of drug-likeness (QED) is 0.599. The van der Waals surface area contributed by atoms with Gasteiger partial charge in [0, 0.05) is 5.69 Å². The summed E-state index contributed by atoms with van der Waals surface area (Å²) in [5.41, 5.74) is 5.45. The average Bonchev–Trinajstić information content (AvgIpc) is 2.76. The lowest BCUT2D eigenvalue weighted by atomic mass is 9.99. The van der Waals surface area contributed by atoms with E-state index in [-0.39, 0.29) is 34.7 Å². The number of carbonyl (C=O) groups excluding carboxylic acids is 2. The van der Waals surface area contributed by atoms with Crippen molar-refractivity contribution >= 4 is 27.3 Å². The molecule has 1 unspecified atom stereocenters. The highest BCUT2D eigenvalue weighted by molar-refractivity contribution is 7.91. The van der Waals surface area contributed by atoms with Crippen LogP contribution in [-0.4, -0.2) is 42.2 Å². The van der Waals surface area contributed by atoms with Gasteiger partial charge in [-0.1, -0.05) is 6.07 Å². The number of imide groups is 1. The first-order valence-electron chi connectivity index (χ1n) is 6.23. The average molecular weight is 294 g/mol. The molecule has 2 heterocycles. The minimum atomic E-state index is -3.21. The van der Waals surface area contributed by atoms with E-state index < -0.39 is 27.2 Å². The molecule has 20 heavy (non-hydrogen) atoms. The molecule has 0 aliphatic carbocycles. The van der Waals surface area contributed by atoms with Gasteiger partial charge in [-0.25, -0.2) is 8.42 Å². The van der Waals surface area contributed by atoms with Gasteiger partial charge in [0.25, 0.3) is 11.8 Å². The fourth-order valence-corrected chi connectivity index (χ4v) is 5.09. The lowest BCUT2D eigenvalue weighted by molar-refractivity contribution is 0.0491. The largest absolute Gasteiger partial charge is 0.398 e. The minimum Gasteiger partial charge on any atom is -0.398 e. The molecule has 1 atom stereocenters. The Kier molecular flexibility index (Phi) is 2.50. The zero-order valence-electron chi connectivity index (χ0n) is 10.9. The van der Waals surface area contributed by atoms with E-state index in [0.717, 1.165) is 4.90 Å². The van der Waals surface area contributed by atoms with Crippen LogP contribution in [0.5, 0.6) is 0 Å². The zero-order valence-corrected chi connectivity index (χ0v) is 11.7. The lowest BCUT2D eigenvalue weighted by Gasteiger charge is -2.32. The van der Waals surface area contributed by atoms with Crippen molar-refractivity contribution in [3.05, 3.63) is 29.3 Å². The molecule has 1 aromatic carbocycles. The Hall–Kier alpha value is -1.89. The van der Waals surface area contributed by atoms with Crippen molar-refractivity contribution in [3.8, 4) is 0 Å². The second-order valence-electron chi connectivity index (χ2n) is 5.55. The zero-order chi connectivity index (χ0) is 14.7. The minimum absolute atomic E-state index is 0.00755. The van der Waals surface area contributed by atoms with Crippen LogP contribution in [0, 0.1) is 0 Å². The SMILES string of the molecule is CC1(N2C(=O)c3cccc(N)c3C2=O)CCS(=O)(=O)C1. The van der Waals surface area contributed by atoms with Gasteiger partial charge in [-0.3, -0.25) is 14.5 Å². The van der Waals surface area contributed by atoms with Crippen LogP contribution in [0.1, 0.15) is 34.1 Å². The normalized spacial score (nSPS) is 27.9. The Bertz CT molecular complexity index is 741.